The number of carboxylic acid groups (broad SMARTS) is 2. The first-order chi connectivity index (χ1) is 39.6. The van der Waals surface area contributed by atoms with E-state index >= 15 is 0 Å². The number of benzene rings is 8. The maximum atomic E-state index is 11.3. The summed E-state index contributed by atoms with van der Waals surface area (Å²) in [6.07, 6.45) is 0. The molecule has 10 aromatic rings. The number of carboxylic acids is 2. The Hall–Kier alpha value is -8.24. The molecule has 0 fully saturated rings. The number of aromatic amines is 2. The van der Waals surface area contributed by atoms with Gasteiger partial charge in [-0.15, -0.1) is 20.4 Å². The number of aromatic carboxylic acids is 2. The third kappa shape index (κ3) is 19.2. The van der Waals surface area contributed by atoms with E-state index in [9.17, 15) is 19.7 Å². The molecule has 4 N–H and O–H groups in total. The normalized spacial score (nSPS) is 11.2. The second kappa shape index (κ2) is 29.7. The van der Waals surface area contributed by atoms with Gasteiger partial charge in [0.2, 0.25) is 5.75 Å². The van der Waals surface area contributed by atoms with E-state index in [1.807, 2.05) is 38.1 Å². The van der Waals surface area contributed by atoms with Crippen molar-refractivity contribution in [2.45, 2.75) is 25.7 Å². The average Bonchev–Trinajstić information content (AvgIpc) is 4.38. The molecule has 2 unspecified atom stereocenters. The SMILES string of the molecule is CC(c1ccc([N+](=O)[O-])c(Oc2cc(Cl)cc(Cl)c2)c1)c1nn[nH]n1.CC(c1cccc(Oc2cc(Cl)cc(Cl)c2)c1)c1nn[nH]n1.O=C(O)c1cccc(Oc2cc(Cl)cc(Cl)c2)c1.O=C(O)c1cccc(Oc2cc(Cl)cc(Cl)c2)c1. The molecule has 0 saturated heterocycles. The second-order valence-corrected chi connectivity index (χ2v) is 20.5. The summed E-state index contributed by atoms with van der Waals surface area (Å²) in [5, 5.41) is 60.4. The minimum Gasteiger partial charge on any atom is -0.478 e. The summed E-state index contributed by atoms with van der Waals surface area (Å²) in [5.41, 5.74) is 1.88. The smallest absolute Gasteiger partial charge is 0.335 e. The third-order valence-corrected chi connectivity index (χ3v) is 12.7. The fraction of sp³-hybridized carbons (Fsp3) is 0.0714. The van der Waals surface area contributed by atoms with Crippen LogP contribution >= 0.6 is 92.8 Å². The number of hydrogen-bond donors (Lipinski definition) is 4. The Bertz CT molecular complexity index is 3700. The molecule has 0 aliphatic heterocycles. The Balaban J connectivity index is 0.000000161. The highest BCUT2D eigenvalue weighted by Gasteiger charge is 2.22. The quantitative estimate of drug-likeness (QED) is 0.0549. The van der Waals surface area contributed by atoms with Crippen LogP contribution in [-0.4, -0.2) is 68.3 Å². The van der Waals surface area contributed by atoms with E-state index < -0.39 is 16.9 Å². The minimum atomic E-state index is -1.01. The van der Waals surface area contributed by atoms with Crippen molar-refractivity contribution in [3.05, 3.63) is 248 Å². The zero-order valence-corrected chi connectivity index (χ0v) is 48.6. The number of carbonyl (C=O) groups is 2. The van der Waals surface area contributed by atoms with E-state index in [2.05, 4.69) is 41.2 Å². The van der Waals surface area contributed by atoms with Gasteiger partial charge in [-0.3, -0.25) is 10.1 Å². The Morgan fingerprint density at radius 1 is 0.446 bits per heavy atom. The van der Waals surface area contributed by atoms with E-state index in [0.717, 1.165) is 11.1 Å². The lowest BCUT2D eigenvalue weighted by Crippen LogP contribution is -2.01. The van der Waals surface area contributed by atoms with E-state index in [0.29, 0.717) is 92.1 Å². The fourth-order valence-corrected chi connectivity index (χ4v) is 9.18. The summed E-state index contributed by atoms with van der Waals surface area (Å²) in [7, 11) is 0. The van der Waals surface area contributed by atoms with E-state index in [-0.39, 0.29) is 34.4 Å². The third-order valence-electron chi connectivity index (χ3n) is 11.0. The molecule has 2 atom stereocenters. The van der Waals surface area contributed by atoms with Crippen LogP contribution in [0, 0.1) is 10.1 Å². The van der Waals surface area contributed by atoms with Gasteiger partial charge in [-0.25, -0.2) is 9.59 Å². The van der Waals surface area contributed by atoms with E-state index in [4.69, 9.17) is 122 Å². The van der Waals surface area contributed by atoms with Crippen molar-refractivity contribution in [3.8, 4) is 46.0 Å². The molecule has 19 nitrogen and oxygen atoms in total. The van der Waals surface area contributed by atoms with Gasteiger partial charge in [-0.1, -0.05) is 147 Å². The van der Waals surface area contributed by atoms with Crippen LogP contribution in [0.15, 0.2) is 164 Å². The number of nitro groups is 1. The Labute approximate surface area is 511 Å². The van der Waals surface area contributed by atoms with Gasteiger partial charge >= 0.3 is 17.6 Å². The molecule has 0 aliphatic rings. The van der Waals surface area contributed by atoms with Crippen LogP contribution in [0.4, 0.5) is 5.69 Å². The summed E-state index contributed by atoms with van der Waals surface area (Å²) in [6, 6.07) is 43.8. The molecule has 424 valence electrons. The van der Waals surface area contributed by atoms with Crippen molar-refractivity contribution in [1.82, 2.24) is 41.2 Å². The molecule has 0 saturated carbocycles. The number of nitro benzene ring substituents is 1. The first-order valence-electron chi connectivity index (χ1n) is 23.7. The first kappa shape index (κ1) is 62.4. The highest BCUT2D eigenvalue weighted by Crippen LogP contribution is 2.38. The van der Waals surface area contributed by atoms with E-state index in [1.54, 1.807) is 97.1 Å². The van der Waals surface area contributed by atoms with Gasteiger partial charge in [0.25, 0.3) is 0 Å². The molecule has 2 aromatic heterocycles. The molecule has 0 amide bonds. The molecule has 83 heavy (non-hydrogen) atoms. The molecule has 2 heterocycles. The number of halogens is 8. The summed E-state index contributed by atoms with van der Waals surface area (Å²) in [4.78, 5) is 32.4. The average molecular weight is 1280 g/mol. The van der Waals surface area contributed by atoms with Gasteiger partial charge in [-0.2, -0.15) is 10.4 Å². The summed E-state index contributed by atoms with van der Waals surface area (Å²) in [6.45, 7) is 3.85. The summed E-state index contributed by atoms with van der Waals surface area (Å²) in [5.74, 6) is 2.21. The molecule has 27 heteroatoms. The Kier molecular flexibility index (Phi) is 22.3. The van der Waals surface area contributed by atoms with Crippen molar-refractivity contribution in [1.29, 1.82) is 0 Å². The molecule has 0 aliphatic carbocycles. The maximum Gasteiger partial charge on any atom is 0.335 e. The molecule has 0 spiro atoms. The zero-order chi connectivity index (χ0) is 59.7. The number of tetrazole rings is 2. The van der Waals surface area contributed by atoms with Crippen molar-refractivity contribution < 1.29 is 43.7 Å². The molecule has 10 rings (SSSR count). The van der Waals surface area contributed by atoms with Crippen LogP contribution in [0.25, 0.3) is 0 Å². The van der Waals surface area contributed by atoms with E-state index in [1.165, 1.54) is 42.5 Å². The van der Waals surface area contributed by atoms with Gasteiger partial charge in [0, 0.05) is 58.1 Å². The van der Waals surface area contributed by atoms with Crippen LogP contribution in [0.2, 0.25) is 40.2 Å². The second-order valence-electron chi connectivity index (χ2n) is 17.0. The standard InChI is InChI=1S/C15H11Cl2N5O3.C15H12Cl2N4O.2C13H8Cl2O3/c1-8(15-18-20-21-19-15)9-2-3-13(22(23)24)14(4-9)25-12-6-10(16)5-11(17)7-12;1-9(15-18-20-21-19-15)10-3-2-4-13(5-10)22-14-7-11(16)6-12(17)8-14;2*14-9-5-10(15)7-12(6-9)18-11-3-1-2-8(4-11)13(16)17/h2-8H,1H3,(H,18,19,20,21);2-9H,1H3,(H,18,19,20,21);2*1-7H,(H,16,17). The monoisotopic (exact) mass is 1280 g/mol. The van der Waals surface area contributed by atoms with Crippen LogP contribution in [0.1, 0.15) is 69.2 Å². The highest BCUT2D eigenvalue weighted by atomic mass is 35.5. The van der Waals surface area contributed by atoms with Gasteiger partial charge in [-0.05, 0) is 139 Å². The fourth-order valence-electron chi connectivity index (χ4n) is 7.15. The van der Waals surface area contributed by atoms with Gasteiger partial charge < -0.3 is 29.2 Å². The predicted molar refractivity (Wildman–Crippen MR) is 316 cm³/mol. The van der Waals surface area contributed by atoms with Gasteiger partial charge in [0.15, 0.2) is 11.6 Å². The number of hydrogen-bond acceptors (Lipinski definition) is 14. The number of rotatable bonds is 15. The number of H-pyrrole nitrogens is 2. The van der Waals surface area contributed by atoms with Crippen molar-refractivity contribution in [2.24, 2.45) is 0 Å². The topological polar surface area (TPSA) is 264 Å². The van der Waals surface area contributed by atoms with Crippen LogP contribution in [0.5, 0.6) is 46.0 Å². The maximum absolute atomic E-state index is 11.3. The van der Waals surface area contributed by atoms with Crippen LogP contribution in [0.3, 0.4) is 0 Å². The van der Waals surface area contributed by atoms with Crippen LogP contribution < -0.4 is 18.9 Å². The summed E-state index contributed by atoms with van der Waals surface area (Å²) < 4.78 is 22.5. The Morgan fingerprint density at radius 3 is 1.12 bits per heavy atom. The lowest BCUT2D eigenvalue weighted by Gasteiger charge is -2.11. The van der Waals surface area contributed by atoms with Gasteiger partial charge in [0.1, 0.15) is 40.2 Å². The van der Waals surface area contributed by atoms with Crippen molar-refractivity contribution in [3.63, 3.8) is 0 Å². The number of nitrogens with one attached hydrogen (secondary N) is 2. The van der Waals surface area contributed by atoms with Gasteiger partial charge in [0.05, 0.1) is 16.1 Å². The lowest BCUT2D eigenvalue weighted by atomic mass is 10.00. The molecule has 0 radical (unpaired) electrons. The van der Waals surface area contributed by atoms with Crippen molar-refractivity contribution in [2.75, 3.05) is 0 Å². The number of nitrogens with zero attached hydrogens (tertiary/aromatic N) is 7. The lowest BCUT2D eigenvalue weighted by molar-refractivity contribution is -0.385. The molecular weight excluding hydrogens is 1240 g/mol. The molecule has 0 bridgehead atoms. The predicted octanol–water partition coefficient (Wildman–Crippen LogP) is 17.8. The van der Waals surface area contributed by atoms with Crippen molar-refractivity contribution >= 4 is 110 Å². The summed E-state index contributed by atoms with van der Waals surface area (Å²) >= 11 is 47.2. The first-order valence-corrected chi connectivity index (χ1v) is 26.7. The highest BCUT2D eigenvalue weighted by molar-refractivity contribution is 6.36. The largest absolute Gasteiger partial charge is 0.478 e. The zero-order valence-electron chi connectivity index (χ0n) is 42.6. The Morgan fingerprint density at radius 2 is 0.783 bits per heavy atom. The number of ether oxygens (including phenoxy) is 4. The van der Waals surface area contributed by atoms with Crippen LogP contribution in [-0.2, 0) is 0 Å². The number of aromatic nitrogens is 8. The minimum absolute atomic E-state index is 0.00486. The molecular formula is C56H39Cl8N9O10. The molecule has 8 aromatic carbocycles.